The van der Waals surface area contributed by atoms with E-state index in [-0.39, 0.29) is 27.9 Å². The molecule has 0 spiro atoms. The Bertz CT molecular complexity index is 955. The highest BCUT2D eigenvalue weighted by atomic mass is 32.2. The molecule has 25 heavy (non-hydrogen) atoms. The van der Waals surface area contributed by atoms with E-state index in [1.54, 1.807) is 19.9 Å². The number of aromatic nitrogens is 1. The molecule has 0 radical (unpaired) electrons. The zero-order valence-corrected chi connectivity index (χ0v) is 14.8. The fourth-order valence-corrected chi connectivity index (χ4v) is 3.59. The van der Waals surface area contributed by atoms with Crippen LogP contribution in [0, 0.1) is 11.3 Å². The number of ether oxygens (including phenoxy) is 1. The van der Waals surface area contributed by atoms with E-state index in [4.69, 9.17) is 15.7 Å². The number of nitrogen functional groups attached to an aromatic ring is 1. The number of sulfonamides is 1. The van der Waals surface area contributed by atoms with Crippen LogP contribution < -0.4 is 10.5 Å². The zero-order valence-electron chi connectivity index (χ0n) is 14.0. The van der Waals surface area contributed by atoms with Gasteiger partial charge in [-0.3, -0.25) is 0 Å². The van der Waals surface area contributed by atoms with Gasteiger partial charge in [-0.2, -0.15) is 5.26 Å². The highest BCUT2D eigenvalue weighted by Crippen LogP contribution is 2.26. The molecule has 9 heteroatoms. The molecule has 1 aromatic carbocycles. The minimum Gasteiger partial charge on any atom is -0.464 e. The molecular formula is C16H18N4O4S. The van der Waals surface area contributed by atoms with E-state index in [1.165, 1.54) is 36.1 Å². The third-order valence-electron chi connectivity index (χ3n) is 3.34. The van der Waals surface area contributed by atoms with Crippen molar-refractivity contribution in [2.24, 2.45) is 0 Å². The normalized spacial score (nSPS) is 11.3. The van der Waals surface area contributed by atoms with Crippen LogP contribution in [0.4, 0.5) is 5.69 Å². The van der Waals surface area contributed by atoms with E-state index < -0.39 is 16.0 Å². The summed E-state index contributed by atoms with van der Waals surface area (Å²) < 4.78 is 33.2. The molecule has 132 valence electrons. The van der Waals surface area contributed by atoms with Crippen LogP contribution in [0.15, 0.2) is 35.4 Å². The number of nitriles is 1. The number of benzene rings is 1. The average molecular weight is 362 g/mol. The van der Waals surface area contributed by atoms with Gasteiger partial charge in [0.1, 0.15) is 6.07 Å². The highest BCUT2D eigenvalue weighted by Gasteiger charge is 2.23. The predicted molar refractivity (Wildman–Crippen MR) is 91.7 cm³/mol. The van der Waals surface area contributed by atoms with Gasteiger partial charge in [0.25, 0.3) is 0 Å². The van der Waals surface area contributed by atoms with Gasteiger partial charge in [0.05, 0.1) is 23.3 Å². The van der Waals surface area contributed by atoms with Crippen molar-refractivity contribution in [3.8, 4) is 11.8 Å². The number of methoxy groups -OCH3 is 1. The van der Waals surface area contributed by atoms with Crippen molar-refractivity contribution in [3.63, 3.8) is 0 Å². The molecule has 0 saturated heterocycles. The molecule has 0 aliphatic rings. The van der Waals surface area contributed by atoms with Crippen molar-refractivity contribution in [1.82, 2.24) is 9.29 Å². The molecular weight excluding hydrogens is 344 g/mol. The first kappa shape index (κ1) is 18.5. The third-order valence-corrected chi connectivity index (χ3v) is 5.00. The number of carbonyl (C=O) groups excluding carboxylic acids is 1. The molecule has 0 amide bonds. The van der Waals surface area contributed by atoms with Gasteiger partial charge in [-0.25, -0.2) is 17.9 Å². The van der Waals surface area contributed by atoms with Crippen molar-refractivity contribution >= 4 is 21.7 Å². The lowest BCUT2D eigenvalue weighted by Crippen LogP contribution is -2.30. The summed E-state index contributed by atoms with van der Waals surface area (Å²) in [7, 11) is -2.52. The number of hydrogen-bond acceptors (Lipinski definition) is 6. The third kappa shape index (κ3) is 3.65. The van der Waals surface area contributed by atoms with Crippen LogP contribution in [0.5, 0.6) is 0 Å². The summed E-state index contributed by atoms with van der Waals surface area (Å²) in [6, 6.07) is 7.58. The summed E-state index contributed by atoms with van der Waals surface area (Å²) >= 11 is 0. The van der Waals surface area contributed by atoms with Gasteiger partial charge in [-0.15, -0.1) is 0 Å². The maximum Gasteiger partial charge on any atom is 0.357 e. The quantitative estimate of drug-likeness (QED) is 0.774. The molecule has 0 aliphatic heterocycles. The number of nitrogens with two attached hydrogens (primary N) is 1. The van der Waals surface area contributed by atoms with Gasteiger partial charge in [0, 0.05) is 17.9 Å². The second-order valence-corrected chi connectivity index (χ2v) is 7.27. The summed E-state index contributed by atoms with van der Waals surface area (Å²) in [6.45, 7) is 3.42. The molecule has 0 aliphatic carbocycles. The number of esters is 1. The summed E-state index contributed by atoms with van der Waals surface area (Å²) in [5.74, 6) is -0.729. The van der Waals surface area contributed by atoms with E-state index in [2.05, 4.69) is 4.72 Å². The molecule has 0 unspecified atom stereocenters. The van der Waals surface area contributed by atoms with Crippen LogP contribution in [0.2, 0.25) is 0 Å². The van der Waals surface area contributed by atoms with Gasteiger partial charge in [-0.05, 0) is 32.0 Å². The van der Waals surface area contributed by atoms with Crippen molar-refractivity contribution in [2.45, 2.75) is 24.8 Å². The number of hydrogen-bond donors (Lipinski definition) is 2. The fraction of sp³-hybridized carbons (Fsp3) is 0.250. The molecule has 1 heterocycles. The Morgan fingerprint density at radius 2 is 2.08 bits per heavy atom. The van der Waals surface area contributed by atoms with Crippen LogP contribution in [0.1, 0.15) is 29.9 Å². The Morgan fingerprint density at radius 1 is 1.40 bits per heavy atom. The van der Waals surface area contributed by atoms with Crippen molar-refractivity contribution in [1.29, 1.82) is 5.26 Å². The van der Waals surface area contributed by atoms with Gasteiger partial charge in [-0.1, -0.05) is 6.07 Å². The molecule has 8 nitrogen and oxygen atoms in total. The first-order valence-electron chi connectivity index (χ1n) is 7.33. The van der Waals surface area contributed by atoms with E-state index in [0.717, 1.165) is 0 Å². The van der Waals surface area contributed by atoms with Gasteiger partial charge < -0.3 is 15.0 Å². The standard InChI is InChI=1S/C16H18N4O4S/c1-10(2)19-25(22,23)13-6-4-5-12(7-13)20-9-11(8-17)14(18)15(20)16(21)24-3/h4-7,9-10,19H,18H2,1-3H3. The van der Waals surface area contributed by atoms with Crippen molar-refractivity contribution in [2.75, 3.05) is 12.8 Å². The van der Waals surface area contributed by atoms with Crippen LogP contribution in [-0.2, 0) is 14.8 Å². The number of anilines is 1. The molecule has 0 atom stereocenters. The smallest absolute Gasteiger partial charge is 0.357 e. The highest BCUT2D eigenvalue weighted by molar-refractivity contribution is 7.89. The number of nitrogens with one attached hydrogen (secondary N) is 1. The predicted octanol–water partition coefficient (Wildman–Crippen LogP) is 1.40. The van der Waals surface area contributed by atoms with Gasteiger partial charge >= 0.3 is 5.97 Å². The minimum absolute atomic E-state index is 0.0251. The first-order chi connectivity index (χ1) is 11.7. The van der Waals surface area contributed by atoms with E-state index >= 15 is 0 Å². The number of rotatable bonds is 5. The Kier molecular flexibility index (Phi) is 5.15. The molecule has 0 bridgehead atoms. The number of carbonyl (C=O) groups is 1. The van der Waals surface area contributed by atoms with Crippen LogP contribution in [0.25, 0.3) is 5.69 Å². The maximum atomic E-state index is 12.3. The molecule has 1 aromatic heterocycles. The van der Waals surface area contributed by atoms with Crippen molar-refractivity contribution in [3.05, 3.63) is 41.7 Å². The van der Waals surface area contributed by atoms with Gasteiger partial charge in [0.15, 0.2) is 5.69 Å². The molecule has 2 rings (SSSR count). The summed E-state index contributed by atoms with van der Waals surface area (Å²) in [4.78, 5) is 12.0. The van der Waals surface area contributed by atoms with Crippen molar-refractivity contribution < 1.29 is 17.9 Å². The Morgan fingerprint density at radius 3 is 2.64 bits per heavy atom. The second-order valence-electron chi connectivity index (χ2n) is 5.55. The van der Waals surface area contributed by atoms with Gasteiger partial charge in [0.2, 0.25) is 10.0 Å². The maximum absolute atomic E-state index is 12.3. The first-order valence-corrected chi connectivity index (χ1v) is 8.81. The lowest BCUT2D eigenvalue weighted by molar-refractivity contribution is 0.0593. The zero-order chi connectivity index (χ0) is 18.8. The molecule has 3 N–H and O–H groups in total. The van der Waals surface area contributed by atoms with E-state index in [1.807, 2.05) is 6.07 Å². The van der Waals surface area contributed by atoms with E-state index in [0.29, 0.717) is 5.69 Å². The topological polar surface area (TPSA) is 127 Å². The van der Waals surface area contributed by atoms with Crippen LogP contribution >= 0.6 is 0 Å². The molecule has 0 saturated carbocycles. The summed E-state index contributed by atoms with van der Waals surface area (Å²) in [5, 5.41) is 9.14. The monoisotopic (exact) mass is 362 g/mol. The second kappa shape index (κ2) is 6.96. The average Bonchev–Trinajstić information content (AvgIpc) is 2.89. The van der Waals surface area contributed by atoms with E-state index in [9.17, 15) is 13.2 Å². The summed E-state index contributed by atoms with van der Waals surface area (Å²) in [5.41, 5.74) is 6.23. The number of nitrogens with zero attached hydrogens (tertiary/aromatic N) is 2. The Hall–Kier alpha value is -2.83. The Labute approximate surface area is 145 Å². The fourth-order valence-electron chi connectivity index (χ4n) is 2.30. The lowest BCUT2D eigenvalue weighted by Gasteiger charge is -2.12. The van der Waals surface area contributed by atoms with Crippen LogP contribution in [0.3, 0.4) is 0 Å². The molecule has 2 aromatic rings. The Balaban J connectivity index is 2.63. The lowest BCUT2D eigenvalue weighted by atomic mass is 10.2. The van der Waals surface area contributed by atoms with Crippen LogP contribution in [-0.4, -0.2) is 32.1 Å². The largest absolute Gasteiger partial charge is 0.464 e. The molecule has 0 fully saturated rings. The minimum atomic E-state index is -3.71. The summed E-state index contributed by atoms with van der Waals surface area (Å²) in [6.07, 6.45) is 1.36. The SMILES string of the molecule is COC(=O)c1c(N)c(C#N)cn1-c1cccc(S(=O)(=O)NC(C)C)c1.